The lowest BCUT2D eigenvalue weighted by Gasteiger charge is -2.28. The lowest BCUT2D eigenvalue weighted by atomic mass is 10.00. The third-order valence-corrected chi connectivity index (χ3v) is 5.48. The van der Waals surface area contributed by atoms with Crippen LogP contribution in [0.4, 0.5) is 0 Å². The number of hydrogen-bond donors (Lipinski definition) is 0. The molecule has 1 aromatic carbocycles. The van der Waals surface area contributed by atoms with E-state index >= 15 is 0 Å². The first kappa shape index (κ1) is 18.5. The Balaban J connectivity index is 1.35. The van der Waals surface area contributed by atoms with E-state index in [2.05, 4.69) is 32.5 Å². The predicted molar refractivity (Wildman–Crippen MR) is 110 cm³/mol. The highest BCUT2D eigenvalue weighted by Gasteiger charge is 2.22. The van der Waals surface area contributed by atoms with Gasteiger partial charge in [0.05, 0.1) is 6.42 Å². The molecule has 4 aromatic rings. The summed E-state index contributed by atoms with van der Waals surface area (Å²) in [6.07, 6.45) is 2.94. The lowest BCUT2D eigenvalue weighted by Crippen LogP contribution is -2.37. The van der Waals surface area contributed by atoms with Crippen LogP contribution < -0.4 is 0 Å². The van der Waals surface area contributed by atoms with Gasteiger partial charge in [0.15, 0.2) is 11.5 Å². The van der Waals surface area contributed by atoms with Gasteiger partial charge in [-0.05, 0) is 29.7 Å². The Hall–Kier alpha value is -3.55. The van der Waals surface area contributed by atoms with E-state index in [-0.39, 0.29) is 18.2 Å². The van der Waals surface area contributed by atoms with Crippen molar-refractivity contribution in [2.75, 3.05) is 6.54 Å². The largest absolute Gasteiger partial charge is 0.338 e. The van der Waals surface area contributed by atoms with Crippen LogP contribution in [0.25, 0.3) is 17.1 Å². The van der Waals surface area contributed by atoms with E-state index in [1.807, 2.05) is 53.6 Å². The molecule has 5 rings (SSSR count). The first-order valence-corrected chi connectivity index (χ1v) is 10.1. The molecule has 1 aliphatic rings. The minimum atomic E-state index is 0.0568. The molecule has 0 saturated carbocycles. The number of hydrogen-bond acceptors (Lipinski definition) is 6. The second kappa shape index (κ2) is 7.37. The van der Waals surface area contributed by atoms with Crippen LogP contribution in [0.2, 0.25) is 0 Å². The van der Waals surface area contributed by atoms with Gasteiger partial charge in [0.2, 0.25) is 5.91 Å². The highest BCUT2D eigenvalue weighted by molar-refractivity contribution is 5.78. The third kappa shape index (κ3) is 3.34. The number of benzene rings is 1. The van der Waals surface area contributed by atoms with E-state index in [0.717, 1.165) is 18.5 Å². The summed E-state index contributed by atoms with van der Waals surface area (Å²) in [7, 11) is 0. The zero-order valence-corrected chi connectivity index (χ0v) is 16.9. The van der Waals surface area contributed by atoms with E-state index < -0.39 is 0 Å². The second-order valence-electron chi connectivity index (χ2n) is 7.88. The van der Waals surface area contributed by atoms with E-state index in [1.54, 1.807) is 0 Å². The molecule has 0 radical (unpaired) electrons. The van der Waals surface area contributed by atoms with Gasteiger partial charge >= 0.3 is 0 Å². The molecule has 0 unspecified atom stereocenters. The van der Waals surface area contributed by atoms with Crippen molar-refractivity contribution in [3.05, 3.63) is 65.4 Å². The van der Waals surface area contributed by atoms with E-state index in [4.69, 9.17) is 4.52 Å². The van der Waals surface area contributed by atoms with Gasteiger partial charge in [-0.3, -0.25) is 9.20 Å². The summed E-state index contributed by atoms with van der Waals surface area (Å²) in [5.74, 6) is 1.99. The van der Waals surface area contributed by atoms with Crippen molar-refractivity contribution in [2.45, 2.75) is 39.2 Å². The van der Waals surface area contributed by atoms with E-state index in [0.29, 0.717) is 29.7 Å². The Morgan fingerprint density at radius 2 is 2.00 bits per heavy atom. The zero-order valence-electron chi connectivity index (χ0n) is 16.9. The van der Waals surface area contributed by atoms with Crippen LogP contribution in [-0.2, 0) is 24.2 Å². The average Bonchev–Trinajstić information content (AvgIpc) is 3.41. The van der Waals surface area contributed by atoms with Gasteiger partial charge in [-0.1, -0.05) is 43.3 Å². The molecular formula is C22H22N6O2. The lowest BCUT2D eigenvalue weighted by molar-refractivity contribution is -0.131. The van der Waals surface area contributed by atoms with Crippen molar-refractivity contribution in [3.63, 3.8) is 0 Å². The van der Waals surface area contributed by atoms with Crippen LogP contribution in [0, 0.1) is 0 Å². The number of rotatable bonds is 4. The SMILES string of the molecule is CC(C)c1noc(-c2ccn3c(CC(=O)N4CCc5ccccc5C4)nnc3c2)n1. The van der Waals surface area contributed by atoms with Crippen molar-refractivity contribution in [1.82, 2.24) is 29.6 Å². The van der Waals surface area contributed by atoms with Crippen LogP contribution in [0.1, 0.15) is 42.5 Å². The summed E-state index contributed by atoms with van der Waals surface area (Å²) in [4.78, 5) is 19.2. The summed E-state index contributed by atoms with van der Waals surface area (Å²) in [5, 5.41) is 12.5. The molecule has 3 aromatic heterocycles. The molecular weight excluding hydrogens is 380 g/mol. The minimum Gasteiger partial charge on any atom is -0.338 e. The Morgan fingerprint density at radius 3 is 2.80 bits per heavy atom. The van der Waals surface area contributed by atoms with Crippen molar-refractivity contribution < 1.29 is 9.32 Å². The molecule has 8 nitrogen and oxygen atoms in total. The van der Waals surface area contributed by atoms with Gasteiger partial charge in [-0.15, -0.1) is 10.2 Å². The van der Waals surface area contributed by atoms with Gasteiger partial charge < -0.3 is 9.42 Å². The normalized spacial score (nSPS) is 13.8. The first-order chi connectivity index (χ1) is 14.6. The van der Waals surface area contributed by atoms with Crippen LogP contribution >= 0.6 is 0 Å². The molecule has 0 atom stereocenters. The van der Waals surface area contributed by atoms with Gasteiger partial charge in [-0.2, -0.15) is 4.98 Å². The Morgan fingerprint density at radius 1 is 1.17 bits per heavy atom. The standard InChI is InChI=1S/C22H22N6O2/c1-14(2)21-23-22(30-26-21)16-8-10-28-18(11-16)24-25-19(28)12-20(29)27-9-7-15-5-3-4-6-17(15)13-27/h3-6,8,10-11,14H,7,9,12-13H2,1-2H3. The topological polar surface area (TPSA) is 89.4 Å². The molecule has 1 aliphatic heterocycles. The fourth-order valence-electron chi connectivity index (χ4n) is 3.74. The number of nitrogens with zero attached hydrogens (tertiary/aromatic N) is 6. The van der Waals surface area contributed by atoms with Crippen molar-refractivity contribution >= 4 is 11.6 Å². The molecule has 0 fully saturated rings. The second-order valence-corrected chi connectivity index (χ2v) is 7.88. The van der Waals surface area contributed by atoms with Crippen molar-refractivity contribution in [3.8, 4) is 11.5 Å². The zero-order chi connectivity index (χ0) is 20.7. The molecule has 0 spiro atoms. The maximum atomic E-state index is 12.9. The number of carbonyl (C=O) groups is 1. The number of amides is 1. The van der Waals surface area contributed by atoms with Crippen LogP contribution in [0.5, 0.6) is 0 Å². The van der Waals surface area contributed by atoms with Crippen molar-refractivity contribution in [1.29, 1.82) is 0 Å². The number of aromatic nitrogens is 5. The maximum absolute atomic E-state index is 12.9. The average molecular weight is 402 g/mol. The number of carbonyl (C=O) groups excluding carboxylic acids is 1. The Kier molecular flexibility index (Phi) is 4.54. The number of pyridine rings is 1. The van der Waals surface area contributed by atoms with E-state index in [9.17, 15) is 4.79 Å². The highest BCUT2D eigenvalue weighted by Crippen LogP contribution is 2.22. The van der Waals surface area contributed by atoms with Crippen LogP contribution in [-0.4, -0.2) is 42.1 Å². The smallest absolute Gasteiger partial charge is 0.258 e. The molecule has 0 N–H and O–H groups in total. The number of fused-ring (bicyclic) bond motifs is 2. The summed E-state index contributed by atoms with van der Waals surface area (Å²) in [6, 6.07) is 12.0. The monoisotopic (exact) mass is 402 g/mol. The summed E-state index contributed by atoms with van der Waals surface area (Å²) >= 11 is 0. The van der Waals surface area contributed by atoms with Crippen molar-refractivity contribution in [2.24, 2.45) is 0 Å². The molecule has 0 bridgehead atoms. The highest BCUT2D eigenvalue weighted by atomic mass is 16.5. The fourth-order valence-corrected chi connectivity index (χ4v) is 3.74. The van der Waals surface area contributed by atoms with Gasteiger partial charge in [0.1, 0.15) is 5.82 Å². The van der Waals surface area contributed by atoms with Gasteiger partial charge in [0, 0.05) is 30.8 Å². The Bertz CT molecular complexity index is 1230. The fraction of sp³-hybridized carbons (Fsp3) is 0.318. The van der Waals surface area contributed by atoms with Crippen LogP contribution in [0.15, 0.2) is 47.1 Å². The molecule has 4 heterocycles. The molecule has 0 saturated heterocycles. The predicted octanol–water partition coefficient (Wildman–Crippen LogP) is 3.03. The van der Waals surface area contributed by atoms with E-state index in [1.165, 1.54) is 11.1 Å². The molecule has 1 amide bonds. The molecule has 30 heavy (non-hydrogen) atoms. The van der Waals surface area contributed by atoms with Crippen LogP contribution in [0.3, 0.4) is 0 Å². The summed E-state index contributed by atoms with van der Waals surface area (Å²) in [6.45, 7) is 5.40. The molecule has 8 heteroatoms. The summed E-state index contributed by atoms with van der Waals surface area (Å²) < 4.78 is 7.19. The van der Waals surface area contributed by atoms with Gasteiger partial charge in [-0.25, -0.2) is 0 Å². The molecule has 0 aliphatic carbocycles. The van der Waals surface area contributed by atoms with Gasteiger partial charge in [0.25, 0.3) is 5.89 Å². The minimum absolute atomic E-state index is 0.0568. The first-order valence-electron chi connectivity index (χ1n) is 10.1. The third-order valence-electron chi connectivity index (χ3n) is 5.48. The molecule has 152 valence electrons. The summed E-state index contributed by atoms with van der Waals surface area (Å²) in [5.41, 5.74) is 3.96. The maximum Gasteiger partial charge on any atom is 0.258 e. The Labute approximate surface area is 173 Å². The quantitative estimate of drug-likeness (QED) is 0.521.